The van der Waals surface area contributed by atoms with Crippen molar-refractivity contribution in [3.05, 3.63) is 107 Å². The number of nitrogens with zero attached hydrogens (tertiary/aromatic N) is 5. The van der Waals surface area contributed by atoms with Gasteiger partial charge < -0.3 is 15.0 Å². The largest absolute Gasteiger partial charge is 0.460 e. The molecule has 10 nitrogen and oxygen atoms in total. The van der Waals surface area contributed by atoms with Crippen molar-refractivity contribution in [1.82, 2.24) is 25.5 Å². The molecule has 0 aliphatic carbocycles. The summed E-state index contributed by atoms with van der Waals surface area (Å²) in [5, 5.41) is 13.9. The van der Waals surface area contributed by atoms with Crippen molar-refractivity contribution < 1.29 is 23.5 Å². The van der Waals surface area contributed by atoms with Crippen molar-refractivity contribution in [3.8, 4) is 5.69 Å². The SMILES string of the molecule is CN(C(=O)[C@@H](NC(=O)/C=C/c1c(-n2ncnn2)ccc(Cl)c1F)c1ccccc1)c1ccc(CC(=O)OC(C)(C)C)cc1. The van der Waals surface area contributed by atoms with E-state index in [0.717, 1.165) is 16.4 Å². The van der Waals surface area contributed by atoms with E-state index in [9.17, 15) is 18.8 Å². The molecule has 0 aliphatic rings. The van der Waals surface area contributed by atoms with Gasteiger partial charge in [-0.15, -0.1) is 15.0 Å². The molecule has 0 fully saturated rings. The fourth-order valence-corrected chi connectivity index (χ4v) is 4.32. The predicted octanol–water partition coefficient (Wildman–Crippen LogP) is 4.87. The lowest BCUT2D eigenvalue weighted by molar-refractivity contribution is -0.153. The standard InChI is InChI=1S/C31H30ClFN6O4/c1-31(2,3)43-27(41)18-20-10-12-22(13-11-20)38(4)30(42)29(21-8-6-5-7-9-21)36-26(40)17-14-23-25(39-35-19-34-37-39)16-15-24(32)28(23)33/h5-17,19,29H,18H2,1-4H3,(H,36,40)/b17-14+/t29-/m0/s1. The maximum absolute atomic E-state index is 14.9. The van der Waals surface area contributed by atoms with Crippen LogP contribution < -0.4 is 10.2 Å². The van der Waals surface area contributed by atoms with Crippen LogP contribution in [0.5, 0.6) is 0 Å². The topological polar surface area (TPSA) is 119 Å². The molecule has 12 heteroatoms. The molecule has 1 atom stereocenters. The normalized spacial score (nSPS) is 12.1. The van der Waals surface area contributed by atoms with Gasteiger partial charge in [-0.25, -0.2) is 4.39 Å². The Labute approximate surface area is 253 Å². The first-order chi connectivity index (χ1) is 20.4. The lowest BCUT2D eigenvalue weighted by Gasteiger charge is -2.25. The number of anilines is 1. The Bertz CT molecular complexity index is 1620. The third-order valence-electron chi connectivity index (χ3n) is 6.16. The lowest BCUT2D eigenvalue weighted by atomic mass is 10.0. The molecule has 0 unspecified atom stereocenters. The van der Waals surface area contributed by atoms with Crippen molar-refractivity contribution >= 4 is 41.1 Å². The predicted molar refractivity (Wildman–Crippen MR) is 160 cm³/mol. The quantitative estimate of drug-likeness (QED) is 0.214. The molecular weight excluding hydrogens is 575 g/mol. The third-order valence-corrected chi connectivity index (χ3v) is 6.46. The molecule has 4 rings (SSSR count). The van der Waals surface area contributed by atoms with Crippen LogP contribution in [0.15, 0.2) is 79.1 Å². The van der Waals surface area contributed by atoms with Gasteiger partial charge in [0.1, 0.15) is 11.6 Å². The second-order valence-electron chi connectivity index (χ2n) is 10.5. The number of hydrogen-bond donors (Lipinski definition) is 1. The van der Waals surface area contributed by atoms with Gasteiger partial charge in [0.2, 0.25) is 5.91 Å². The van der Waals surface area contributed by atoms with Crippen molar-refractivity contribution in [2.24, 2.45) is 0 Å². The zero-order valence-corrected chi connectivity index (χ0v) is 24.7. The maximum atomic E-state index is 14.9. The van der Waals surface area contributed by atoms with Gasteiger partial charge >= 0.3 is 5.97 Å². The first kappa shape index (κ1) is 31.0. The molecule has 222 valence electrons. The zero-order chi connectivity index (χ0) is 31.1. The van der Waals surface area contributed by atoms with Crippen molar-refractivity contribution in [3.63, 3.8) is 0 Å². The summed E-state index contributed by atoms with van der Waals surface area (Å²) in [4.78, 5) is 41.5. The van der Waals surface area contributed by atoms with Gasteiger partial charge in [-0.2, -0.15) is 0 Å². The zero-order valence-electron chi connectivity index (χ0n) is 24.0. The smallest absolute Gasteiger partial charge is 0.310 e. The highest BCUT2D eigenvalue weighted by Crippen LogP contribution is 2.26. The highest BCUT2D eigenvalue weighted by atomic mass is 35.5. The Morgan fingerprint density at radius 3 is 2.40 bits per heavy atom. The number of benzene rings is 3. The minimum Gasteiger partial charge on any atom is -0.460 e. The molecule has 0 saturated heterocycles. The molecule has 0 bridgehead atoms. The van der Waals surface area contributed by atoms with Gasteiger partial charge in [0.25, 0.3) is 5.91 Å². The van der Waals surface area contributed by atoms with Crippen molar-refractivity contribution in [1.29, 1.82) is 0 Å². The summed E-state index contributed by atoms with van der Waals surface area (Å²) in [5.41, 5.74) is 1.42. The fraction of sp³-hybridized carbons (Fsp3) is 0.226. The number of tetrazole rings is 1. The summed E-state index contributed by atoms with van der Waals surface area (Å²) in [6, 6.07) is 17.4. The van der Waals surface area contributed by atoms with Crippen LogP contribution in [0.4, 0.5) is 10.1 Å². The molecule has 1 heterocycles. The number of carbonyl (C=O) groups excluding carboxylic acids is 3. The van der Waals surface area contributed by atoms with Crippen LogP contribution in [-0.2, 0) is 25.5 Å². The molecule has 1 aromatic heterocycles. The van der Waals surface area contributed by atoms with Gasteiger partial charge in [0.05, 0.1) is 17.1 Å². The Morgan fingerprint density at radius 2 is 1.77 bits per heavy atom. The molecule has 4 aromatic rings. The number of likely N-dealkylation sites (N-methyl/N-ethyl adjacent to an activating group) is 1. The Hall–Kier alpha value is -4.90. The van der Waals surface area contributed by atoms with E-state index in [-0.39, 0.29) is 28.7 Å². The van der Waals surface area contributed by atoms with E-state index in [1.807, 2.05) is 0 Å². The third kappa shape index (κ3) is 8.10. The number of carbonyl (C=O) groups is 3. The summed E-state index contributed by atoms with van der Waals surface area (Å²) >= 11 is 5.97. The Morgan fingerprint density at radius 1 is 1.07 bits per heavy atom. The maximum Gasteiger partial charge on any atom is 0.310 e. The second-order valence-corrected chi connectivity index (χ2v) is 10.9. The lowest BCUT2D eigenvalue weighted by Crippen LogP contribution is -2.41. The van der Waals surface area contributed by atoms with Crippen LogP contribution in [0, 0.1) is 5.82 Å². The van der Waals surface area contributed by atoms with Gasteiger partial charge in [0, 0.05) is 24.4 Å². The van der Waals surface area contributed by atoms with Gasteiger partial charge in [0.15, 0.2) is 12.1 Å². The molecule has 3 aromatic carbocycles. The number of amides is 2. The highest BCUT2D eigenvalue weighted by molar-refractivity contribution is 6.31. The molecule has 0 spiro atoms. The molecule has 43 heavy (non-hydrogen) atoms. The minimum atomic E-state index is -1.06. The Kier molecular flexibility index (Phi) is 9.66. The number of ether oxygens (including phenoxy) is 1. The van der Waals surface area contributed by atoms with E-state index in [2.05, 4.69) is 20.7 Å². The summed E-state index contributed by atoms with van der Waals surface area (Å²) in [6.45, 7) is 5.40. The second kappa shape index (κ2) is 13.4. The summed E-state index contributed by atoms with van der Waals surface area (Å²) < 4.78 is 20.3. The average molecular weight is 605 g/mol. The molecule has 1 N–H and O–H groups in total. The van der Waals surface area contributed by atoms with Gasteiger partial charge in [-0.1, -0.05) is 54.1 Å². The van der Waals surface area contributed by atoms with Gasteiger partial charge in [-0.05, 0) is 67.5 Å². The van der Waals surface area contributed by atoms with Crippen LogP contribution in [0.2, 0.25) is 5.02 Å². The molecule has 2 amide bonds. The van der Waals surface area contributed by atoms with E-state index < -0.39 is 29.3 Å². The number of esters is 1. The van der Waals surface area contributed by atoms with Crippen LogP contribution in [0.3, 0.4) is 0 Å². The number of rotatable bonds is 9. The van der Waals surface area contributed by atoms with Crippen LogP contribution in [0.1, 0.15) is 43.5 Å². The number of nitrogens with one attached hydrogen (secondary N) is 1. The molecular formula is C31H30ClFN6O4. The summed E-state index contributed by atoms with van der Waals surface area (Å²) in [7, 11) is 1.59. The van der Waals surface area contributed by atoms with E-state index in [1.165, 1.54) is 29.4 Å². The molecule has 0 radical (unpaired) electrons. The van der Waals surface area contributed by atoms with Gasteiger partial charge in [-0.3, -0.25) is 14.4 Å². The van der Waals surface area contributed by atoms with E-state index in [1.54, 1.807) is 82.4 Å². The van der Waals surface area contributed by atoms with Crippen LogP contribution in [-0.4, -0.2) is 50.6 Å². The van der Waals surface area contributed by atoms with E-state index >= 15 is 0 Å². The monoisotopic (exact) mass is 604 g/mol. The van der Waals surface area contributed by atoms with Crippen LogP contribution in [0.25, 0.3) is 11.8 Å². The van der Waals surface area contributed by atoms with Crippen molar-refractivity contribution in [2.75, 3.05) is 11.9 Å². The minimum absolute atomic E-state index is 0.0353. The molecule has 0 aliphatic heterocycles. The Balaban J connectivity index is 1.53. The first-order valence-corrected chi connectivity index (χ1v) is 13.6. The number of hydrogen-bond acceptors (Lipinski definition) is 7. The average Bonchev–Trinajstić information content (AvgIpc) is 3.50. The van der Waals surface area contributed by atoms with Crippen LogP contribution >= 0.6 is 11.6 Å². The fourth-order valence-electron chi connectivity index (χ4n) is 4.15. The van der Waals surface area contributed by atoms with Crippen molar-refractivity contribution in [2.45, 2.75) is 38.8 Å². The summed E-state index contributed by atoms with van der Waals surface area (Å²) in [5.74, 6) is -2.20. The van der Waals surface area contributed by atoms with E-state index in [4.69, 9.17) is 16.3 Å². The van der Waals surface area contributed by atoms with E-state index in [0.29, 0.717) is 11.3 Å². The first-order valence-electron chi connectivity index (χ1n) is 13.3. The number of halogens is 2. The number of aromatic nitrogens is 4. The highest BCUT2D eigenvalue weighted by Gasteiger charge is 2.26. The summed E-state index contributed by atoms with van der Waals surface area (Å²) in [6.07, 6.45) is 3.61. The molecule has 0 saturated carbocycles.